The van der Waals surface area contributed by atoms with E-state index in [2.05, 4.69) is 10.5 Å². The zero-order valence-electron chi connectivity index (χ0n) is 13.0. The van der Waals surface area contributed by atoms with E-state index in [1.165, 1.54) is 0 Å². The van der Waals surface area contributed by atoms with Gasteiger partial charge in [-0.2, -0.15) is 5.10 Å². The number of hydrogen-bond donors (Lipinski definition) is 0. The van der Waals surface area contributed by atoms with E-state index in [4.69, 9.17) is 14.5 Å². The highest BCUT2D eigenvalue weighted by Crippen LogP contribution is 2.35. The van der Waals surface area contributed by atoms with Gasteiger partial charge in [-0.3, -0.25) is 4.68 Å². The van der Waals surface area contributed by atoms with E-state index < -0.39 is 0 Å². The van der Waals surface area contributed by atoms with Gasteiger partial charge in [0, 0.05) is 29.8 Å². The topological polar surface area (TPSA) is 49.2 Å². The third kappa shape index (κ3) is 2.57. The Kier molecular flexibility index (Phi) is 3.85. The van der Waals surface area contributed by atoms with Crippen LogP contribution in [-0.2, 0) is 7.05 Å². The number of aryl methyl sites for hydroxylation is 2. The monoisotopic (exact) mass is 315 g/mol. The maximum Gasteiger partial charge on any atom is 0.161 e. The summed E-state index contributed by atoms with van der Waals surface area (Å²) >= 11 is 1.60. The lowest BCUT2D eigenvalue weighted by molar-refractivity contribution is 0.355. The first-order chi connectivity index (χ1) is 10.6. The van der Waals surface area contributed by atoms with Crippen molar-refractivity contribution in [3.8, 4) is 33.3 Å². The number of hydrogen-bond acceptors (Lipinski definition) is 5. The van der Waals surface area contributed by atoms with Gasteiger partial charge < -0.3 is 9.47 Å². The van der Waals surface area contributed by atoms with Gasteiger partial charge in [0.15, 0.2) is 11.5 Å². The van der Waals surface area contributed by atoms with Crippen LogP contribution in [0.1, 0.15) is 5.69 Å². The highest BCUT2D eigenvalue weighted by molar-refractivity contribution is 7.13. The minimum absolute atomic E-state index is 0.703. The zero-order valence-corrected chi connectivity index (χ0v) is 13.8. The summed E-state index contributed by atoms with van der Waals surface area (Å²) in [6, 6.07) is 5.82. The molecule has 0 fully saturated rings. The normalized spacial score (nSPS) is 10.7. The van der Waals surface area contributed by atoms with Gasteiger partial charge in [-0.05, 0) is 25.1 Å². The van der Waals surface area contributed by atoms with Crippen molar-refractivity contribution in [1.82, 2.24) is 14.8 Å². The molecule has 5 nitrogen and oxygen atoms in total. The summed E-state index contributed by atoms with van der Waals surface area (Å²) < 4.78 is 12.4. The first kappa shape index (κ1) is 14.6. The van der Waals surface area contributed by atoms with Crippen molar-refractivity contribution in [2.24, 2.45) is 7.05 Å². The van der Waals surface area contributed by atoms with Gasteiger partial charge in [0.05, 0.1) is 25.6 Å². The van der Waals surface area contributed by atoms with Crippen LogP contribution in [0.15, 0.2) is 29.8 Å². The molecule has 0 saturated carbocycles. The van der Waals surface area contributed by atoms with Crippen LogP contribution in [0.5, 0.6) is 11.5 Å². The molecular weight excluding hydrogens is 298 g/mol. The minimum atomic E-state index is 0.703. The molecule has 0 spiro atoms. The Bertz CT molecular complexity index is 808. The maximum absolute atomic E-state index is 5.35. The molecule has 0 N–H and O–H groups in total. The molecule has 2 heterocycles. The number of aromatic nitrogens is 3. The van der Waals surface area contributed by atoms with Crippen LogP contribution >= 0.6 is 11.3 Å². The quantitative estimate of drug-likeness (QED) is 0.739. The minimum Gasteiger partial charge on any atom is -0.493 e. The van der Waals surface area contributed by atoms with Crippen LogP contribution in [0.2, 0.25) is 0 Å². The van der Waals surface area contributed by atoms with E-state index >= 15 is 0 Å². The summed E-state index contributed by atoms with van der Waals surface area (Å²) in [4.78, 5) is 4.72. The molecule has 0 atom stereocenters. The van der Waals surface area contributed by atoms with Gasteiger partial charge in [0.2, 0.25) is 0 Å². The third-order valence-electron chi connectivity index (χ3n) is 3.42. The number of thiazole rings is 1. The predicted molar refractivity (Wildman–Crippen MR) is 87.6 cm³/mol. The zero-order chi connectivity index (χ0) is 15.7. The first-order valence-corrected chi connectivity index (χ1v) is 7.69. The van der Waals surface area contributed by atoms with Gasteiger partial charge in [0.25, 0.3) is 0 Å². The second kappa shape index (κ2) is 5.81. The fraction of sp³-hybridized carbons (Fsp3) is 0.250. The van der Waals surface area contributed by atoms with Gasteiger partial charge in [-0.1, -0.05) is 0 Å². The molecule has 0 bridgehead atoms. The molecule has 3 aromatic rings. The summed E-state index contributed by atoms with van der Waals surface area (Å²) in [7, 11) is 5.18. The fourth-order valence-electron chi connectivity index (χ4n) is 2.35. The molecule has 0 aliphatic heterocycles. The Labute approximate surface area is 133 Å². The number of methoxy groups -OCH3 is 2. The molecule has 0 unspecified atom stereocenters. The first-order valence-electron chi connectivity index (χ1n) is 6.81. The summed E-state index contributed by atoms with van der Waals surface area (Å²) in [5.41, 5.74) is 3.99. The van der Waals surface area contributed by atoms with E-state index in [1.807, 2.05) is 38.4 Å². The van der Waals surface area contributed by atoms with Crippen LogP contribution in [0, 0.1) is 6.92 Å². The van der Waals surface area contributed by atoms with Crippen LogP contribution in [-0.4, -0.2) is 29.0 Å². The number of ether oxygens (including phenoxy) is 2. The van der Waals surface area contributed by atoms with Crippen molar-refractivity contribution in [3.63, 3.8) is 0 Å². The lowest BCUT2D eigenvalue weighted by atomic mass is 10.2. The molecular formula is C16H17N3O2S. The van der Waals surface area contributed by atoms with Crippen molar-refractivity contribution in [3.05, 3.63) is 35.5 Å². The SMILES string of the molecule is COc1ccc(-c2nc(-c3cn(C)nc3C)cs2)cc1OC. The molecule has 0 amide bonds. The summed E-state index contributed by atoms with van der Waals surface area (Å²) in [6.07, 6.45) is 1.99. The van der Waals surface area contributed by atoms with Crippen molar-refractivity contribution < 1.29 is 9.47 Å². The largest absolute Gasteiger partial charge is 0.493 e. The van der Waals surface area contributed by atoms with Crippen LogP contribution in [0.3, 0.4) is 0 Å². The number of rotatable bonds is 4. The Morgan fingerprint density at radius 2 is 1.91 bits per heavy atom. The second-order valence-corrected chi connectivity index (χ2v) is 5.77. The average Bonchev–Trinajstić information content (AvgIpc) is 3.12. The average molecular weight is 315 g/mol. The number of nitrogens with zero attached hydrogens (tertiary/aromatic N) is 3. The van der Waals surface area contributed by atoms with E-state index in [9.17, 15) is 0 Å². The van der Waals surface area contributed by atoms with Crippen molar-refractivity contribution in [2.75, 3.05) is 14.2 Å². The Morgan fingerprint density at radius 3 is 2.55 bits per heavy atom. The molecule has 114 valence electrons. The fourth-order valence-corrected chi connectivity index (χ4v) is 3.17. The summed E-state index contributed by atoms with van der Waals surface area (Å²) in [5.74, 6) is 1.42. The van der Waals surface area contributed by atoms with E-state index in [1.54, 1.807) is 30.2 Å². The third-order valence-corrected chi connectivity index (χ3v) is 4.32. The molecule has 1 aromatic carbocycles. The summed E-state index contributed by atoms with van der Waals surface area (Å²) in [5, 5.41) is 7.36. The van der Waals surface area contributed by atoms with Gasteiger partial charge in [0.1, 0.15) is 5.01 Å². The second-order valence-electron chi connectivity index (χ2n) is 4.91. The standard InChI is InChI=1S/C16H17N3O2S/c1-10-12(8-19(2)18-10)13-9-22-16(17-13)11-5-6-14(20-3)15(7-11)21-4/h5-9H,1-4H3. The lowest BCUT2D eigenvalue weighted by Gasteiger charge is -2.08. The molecule has 2 aromatic heterocycles. The summed E-state index contributed by atoms with van der Waals surface area (Å²) in [6.45, 7) is 1.99. The van der Waals surface area contributed by atoms with Gasteiger partial charge in [-0.15, -0.1) is 11.3 Å². The van der Waals surface area contributed by atoms with Crippen LogP contribution in [0.25, 0.3) is 21.8 Å². The smallest absolute Gasteiger partial charge is 0.161 e. The number of benzene rings is 1. The molecule has 3 rings (SSSR count). The van der Waals surface area contributed by atoms with Crippen LogP contribution < -0.4 is 9.47 Å². The van der Waals surface area contributed by atoms with Gasteiger partial charge in [-0.25, -0.2) is 4.98 Å². The molecule has 22 heavy (non-hydrogen) atoms. The van der Waals surface area contributed by atoms with E-state index in [-0.39, 0.29) is 0 Å². The van der Waals surface area contributed by atoms with Gasteiger partial charge >= 0.3 is 0 Å². The molecule has 0 saturated heterocycles. The van der Waals surface area contributed by atoms with Crippen molar-refractivity contribution in [2.45, 2.75) is 6.92 Å². The molecule has 0 aliphatic rings. The van der Waals surface area contributed by atoms with E-state index in [0.29, 0.717) is 11.5 Å². The molecule has 6 heteroatoms. The highest BCUT2D eigenvalue weighted by atomic mass is 32.1. The predicted octanol–water partition coefficient (Wildman–Crippen LogP) is 3.54. The lowest BCUT2D eigenvalue weighted by Crippen LogP contribution is -1.90. The molecule has 0 aliphatic carbocycles. The van der Waals surface area contributed by atoms with Crippen LogP contribution in [0.4, 0.5) is 0 Å². The molecule has 0 radical (unpaired) electrons. The Balaban J connectivity index is 1.99. The maximum atomic E-state index is 5.35. The Morgan fingerprint density at radius 1 is 1.14 bits per heavy atom. The van der Waals surface area contributed by atoms with Crippen molar-refractivity contribution >= 4 is 11.3 Å². The highest BCUT2D eigenvalue weighted by Gasteiger charge is 2.13. The van der Waals surface area contributed by atoms with E-state index in [0.717, 1.165) is 27.5 Å². The Hall–Kier alpha value is -2.34. The van der Waals surface area contributed by atoms with Crippen molar-refractivity contribution in [1.29, 1.82) is 0 Å².